The number of carbonyl (C=O) groups excluding carboxylic acids is 3. The van der Waals surface area contributed by atoms with Gasteiger partial charge in [-0.25, -0.2) is 14.4 Å². The molecule has 3 N–H and O–H groups in total. The highest BCUT2D eigenvalue weighted by Gasteiger charge is 2.37. The number of hydrogen-bond donors (Lipinski definition) is 2. The van der Waals surface area contributed by atoms with Gasteiger partial charge in [0.2, 0.25) is 0 Å². The molecule has 0 amide bonds. The van der Waals surface area contributed by atoms with Crippen LogP contribution in [0.3, 0.4) is 0 Å². The minimum absolute atomic E-state index is 0.130. The van der Waals surface area contributed by atoms with E-state index in [0.29, 0.717) is 24.8 Å². The molecule has 12 nitrogen and oxygen atoms in total. The van der Waals surface area contributed by atoms with E-state index in [4.69, 9.17) is 34.2 Å². The van der Waals surface area contributed by atoms with E-state index in [1.54, 1.807) is 6.92 Å². The van der Waals surface area contributed by atoms with Crippen molar-refractivity contribution in [3.63, 3.8) is 0 Å². The van der Waals surface area contributed by atoms with E-state index in [1.807, 2.05) is 20.8 Å². The molecule has 39 heavy (non-hydrogen) atoms. The number of ether oxygens (including phenoxy) is 6. The van der Waals surface area contributed by atoms with E-state index in [1.165, 1.54) is 25.1 Å². The van der Waals surface area contributed by atoms with Crippen LogP contribution in [-0.4, -0.2) is 60.5 Å². The first-order valence-electron chi connectivity index (χ1n) is 13.2. The summed E-state index contributed by atoms with van der Waals surface area (Å²) < 4.78 is 30.7. The maximum atomic E-state index is 12.2. The lowest BCUT2D eigenvalue weighted by Crippen LogP contribution is -2.52. The third-order valence-electron chi connectivity index (χ3n) is 5.60. The van der Waals surface area contributed by atoms with Crippen molar-refractivity contribution >= 4 is 24.4 Å². The van der Waals surface area contributed by atoms with Gasteiger partial charge in [-0.15, -0.1) is 0 Å². The third-order valence-corrected chi connectivity index (χ3v) is 5.60. The normalized spacial score (nSPS) is 13.8. The molecule has 0 radical (unpaired) electrons. The summed E-state index contributed by atoms with van der Waals surface area (Å²) >= 11 is 0. The summed E-state index contributed by atoms with van der Waals surface area (Å²) in [5, 5.41) is 9.88. The highest BCUT2D eigenvalue weighted by Crippen LogP contribution is 2.31. The molecule has 1 aromatic rings. The number of carboxylic acid groups (broad SMARTS) is 1. The van der Waals surface area contributed by atoms with E-state index in [0.717, 1.165) is 12.8 Å². The first-order valence-corrected chi connectivity index (χ1v) is 13.2. The second-order valence-electron chi connectivity index (χ2n) is 9.25. The number of benzene rings is 1. The molecule has 0 fully saturated rings. The zero-order valence-electron chi connectivity index (χ0n) is 23.4. The lowest BCUT2D eigenvalue weighted by molar-refractivity contribution is -0.144. The lowest BCUT2D eigenvalue weighted by atomic mass is 9.86. The van der Waals surface area contributed by atoms with Gasteiger partial charge in [0.05, 0.1) is 13.2 Å². The van der Waals surface area contributed by atoms with Gasteiger partial charge in [0.1, 0.15) is 17.7 Å². The fraction of sp³-hybridized carbons (Fsp3) is 0.630. The van der Waals surface area contributed by atoms with Crippen LogP contribution in [0.2, 0.25) is 0 Å². The molecule has 0 heterocycles. The van der Waals surface area contributed by atoms with Crippen molar-refractivity contribution in [2.45, 2.75) is 97.3 Å². The van der Waals surface area contributed by atoms with Gasteiger partial charge in [-0.1, -0.05) is 39.7 Å². The largest absolute Gasteiger partial charge is 0.513 e. The summed E-state index contributed by atoms with van der Waals surface area (Å²) in [6.07, 6.45) is -1.18. The molecule has 0 aliphatic heterocycles. The Bertz CT molecular complexity index is 952. The number of rotatable bonds is 16. The van der Waals surface area contributed by atoms with E-state index < -0.39 is 36.1 Å². The van der Waals surface area contributed by atoms with Gasteiger partial charge in [-0.05, 0) is 50.8 Å². The monoisotopic (exact) mass is 555 g/mol. The van der Waals surface area contributed by atoms with Crippen LogP contribution in [0.15, 0.2) is 18.2 Å². The quantitative estimate of drug-likeness (QED) is 0.116. The van der Waals surface area contributed by atoms with Gasteiger partial charge in [0.15, 0.2) is 11.5 Å². The smallest absolute Gasteiger partial charge is 0.480 e. The molecule has 220 valence electrons. The van der Waals surface area contributed by atoms with Gasteiger partial charge in [-0.3, -0.25) is 4.79 Å². The second kappa shape index (κ2) is 17.1. The summed E-state index contributed by atoms with van der Waals surface area (Å²) in [5.41, 5.74) is 4.71. The van der Waals surface area contributed by atoms with Crippen LogP contribution in [0.4, 0.5) is 14.4 Å². The molecule has 1 aromatic carbocycles. The van der Waals surface area contributed by atoms with Crippen LogP contribution < -0.4 is 15.2 Å². The molecule has 0 aromatic heterocycles. The van der Waals surface area contributed by atoms with Crippen molar-refractivity contribution in [2.75, 3.05) is 13.2 Å². The van der Waals surface area contributed by atoms with Crippen LogP contribution in [0, 0.1) is 0 Å². The Balaban J connectivity index is 3.10. The average molecular weight is 556 g/mol. The summed E-state index contributed by atoms with van der Waals surface area (Å²) in [4.78, 5) is 48.3. The van der Waals surface area contributed by atoms with E-state index in [2.05, 4.69) is 0 Å². The number of aliphatic carboxylic acids is 1. The number of unbranched alkanes of at least 4 members (excludes halogenated alkanes) is 2. The van der Waals surface area contributed by atoms with Crippen LogP contribution in [-0.2, 0) is 30.2 Å². The Kier molecular flexibility index (Phi) is 14.7. The van der Waals surface area contributed by atoms with Crippen molar-refractivity contribution in [1.29, 1.82) is 0 Å². The summed E-state index contributed by atoms with van der Waals surface area (Å²) in [5.74, 6) is -1.65. The van der Waals surface area contributed by atoms with E-state index in [-0.39, 0.29) is 43.7 Å². The Morgan fingerprint density at radius 3 is 1.90 bits per heavy atom. The summed E-state index contributed by atoms with van der Waals surface area (Å²) in [6, 6.07) is 4.12. The van der Waals surface area contributed by atoms with Crippen molar-refractivity contribution in [3.8, 4) is 11.5 Å². The van der Waals surface area contributed by atoms with Crippen LogP contribution in [0.5, 0.6) is 11.5 Å². The van der Waals surface area contributed by atoms with Gasteiger partial charge in [-0.2, -0.15) is 0 Å². The number of hydrogen-bond acceptors (Lipinski definition) is 11. The highest BCUT2D eigenvalue weighted by molar-refractivity contribution is 5.79. The molecule has 0 saturated carbocycles. The molecule has 0 aliphatic carbocycles. The van der Waals surface area contributed by atoms with E-state index >= 15 is 0 Å². The molecular weight excluding hydrogens is 514 g/mol. The first-order chi connectivity index (χ1) is 18.4. The fourth-order valence-corrected chi connectivity index (χ4v) is 3.26. The molecule has 0 saturated heterocycles. The van der Waals surface area contributed by atoms with E-state index in [9.17, 15) is 24.3 Å². The lowest BCUT2D eigenvalue weighted by Gasteiger charge is -2.28. The number of nitrogens with two attached hydrogens (primary N) is 1. The van der Waals surface area contributed by atoms with Gasteiger partial charge >= 0.3 is 24.4 Å². The van der Waals surface area contributed by atoms with Crippen LogP contribution >= 0.6 is 0 Å². The molecule has 12 heteroatoms. The second-order valence-corrected chi connectivity index (χ2v) is 9.25. The zero-order chi connectivity index (χ0) is 29.4. The third kappa shape index (κ3) is 12.7. The highest BCUT2D eigenvalue weighted by atomic mass is 16.7. The molecule has 0 spiro atoms. The maximum absolute atomic E-state index is 12.2. The first kappa shape index (κ1) is 33.5. The Morgan fingerprint density at radius 2 is 1.38 bits per heavy atom. The van der Waals surface area contributed by atoms with Crippen molar-refractivity contribution in [2.24, 2.45) is 5.73 Å². The minimum atomic E-state index is -1.86. The number of carbonyl (C=O) groups is 4. The maximum Gasteiger partial charge on any atom is 0.513 e. The molecule has 3 atom stereocenters. The molecule has 1 rings (SSSR count). The number of carboxylic acids is 1. The Labute approximate surface area is 229 Å². The predicted octanol–water partition coefficient (Wildman–Crippen LogP) is 5.37. The standard InChI is InChI=1S/C27H41NO11/c1-6-9-13-34-24(31)38-21-12-11-20(15-22(21)39-25(32)35-14-10-7-2)17-27(28,23(29)30)16-19(5)37-26(33)36-18(4)8-3/h11-12,15,18-19H,6-10,13-14,16-17,28H2,1-5H3,(H,29,30)/t18?,19-,27+/m0/s1. The topological polar surface area (TPSA) is 170 Å². The average Bonchev–Trinajstić information content (AvgIpc) is 2.85. The fourth-order valence-electron chi connectivity index (χ4n) is 3.26. The Morgan fingerprint density at radius 1 is 0.846 bits per heavy atom. The SMILES string of the molecule is CCCCOC(=O)Oc1ccc(C[C@](N)(C[C@H](C)OC(=O)OC(C)CC)C(=O)O)cc1OC(=O)OCCCC. The van der Waals surface area contributed by atoms with Crippen molar-refractivity contribution < 1.29 is 52.7 Å². The van der Waals surface area contributed by atoms with Crippen molar-refractivity contribution in [3.05, 3.63) is 23.8 Å². The van der Waals surface area contributed by atoms with Crippen LogP contribution in [0.1, 0.15) is 78.7 Å². The molecule has 0 aliphatic rings. The Hall–Kier alpha value is -3.54. The zero-order valence-corrected chi connectivity index (χ0v) is 23.4. The molecule has 0 bridgehead atoms. The van der Waals surface area contributed by atoms with Crippen molar-refractivity contribution in [1.82, 2.24) is 0 Å². The van der Waals surface area contributed by atoms with Gasteiger partial charge < -0.3 is 39.3 Å². The van der Waals surface area contributed by atoms with Gasteiger partial charge in [0, 0.05) is 12.8 Å². The summed E-state index contributed by atoms with van der Waals surface area (Å²) in [7, 11) is 0. The summed E-state index contributed by atoms with van der Waals surface area (Å²) in [6.45, 7) is 9.19. The molecular formula is C27H41NO11. The van der Waals surface area contributed by atoms with Crippen LogP contribution in [0.25, 0.3) is 0 Å². The van der Waals surface area contributed by atoms with Gasteiger partial charge in [0.25, 0.3) is 0 Å². The predicted molar refractivity (Wildman–Crippen MR) is 140 cm³/mol. The minimum Gasteiger partial charge on any atom is -0.480 e. The molecule has 1 unspecified atom stereocenters.